The molecule has 0 saturated heterocycles. The number of imide groups is 2. The van der Waals surface area contributed by atoms with Crippen molar-refractivity contribution in [3.05, 3.63) is 167 Å². The number of nitrogens with one attached hydrogen (secondary N) is 1. The fourth-order valence-corrected chi connectivity index (χ4v) is 7.25. The van der Waals surface area contributed by atoms with Crippen molar-refractivity contribution in [1.82, 2.24) is 5.32 Å². The van der Waals surface area contributed by atoms with Gasteiger partial charge in [0.15, 0.2) is 0 Å². The molecule has 0 bridgehead atoms. The molecule has 6 aromatic rings. The molecule has 2 aliphatic heterocycles. The van der Waals surface area contributed by atoms with Crippen LogP contribution < -0.4 is 15.1 Å². The van der Waals surface area contributed by atoms with Gasteiger partial charge >= 0.3 is 12.4 Å². The first-order valence-corrected chi connectivity index (χ1v) is 16.3. The van der Waals surface area contributed by atoms with Crippen molar-refractivity contribution in [2.45, 2.75) is 17.8 Å². The van der Waals surface area contributed by atoms with Gasteiger partial charge in [-0.2, -0.15) is 26.3 Å². The third-order valence-corrected chi connectivity index (χ3v) is 9.73. The van der Waals surface area contributed by atoms with Crippen LogP contribution in [0, 0.1) is 0 Å². The Bertz CT molecular complexity index is 2530. The van der Waals surface area contributed by atoms with Crippen molar-refractivity contribution in [3.8, 4) is 0 Å². The lowest BCUT2D eigenvalue weighted by molar-refractivity contribution is -0.288. The Morgan fingerprint density at radius 1 is 0.500 bits per heavy atom. The van der Waals surface area contributed by atoms with E-state index in [1.165, 1.54) is 12.1 Å². The Morgan fingerprint density at radius 3 is 1.70 bits per heavy atom. The maximum Gasteiger partial charge on any atom is 0.411 e. The molecular formula is C41H23F6N3O4. The molecule has 0 fully saturated rings. The third-order valence-electron chi connectivity index (χ3n) is 9.73. The van der Waals surface area contributed by atoms with Crippen LogP contribution in [0.25, 0.3) is 10.8 Å². The normalized spacial score (nSPS) is 14.4. The Balaban J connectivity index is 1.20. The van der Waals surface area contributed by atoms with E-state index >= 15 is 26.3 Å². The van der Waals surface area contributed by atoms with Crippen LogP contribution in [0.15, 0.2) is 133 Å². The summed E-state index contributed by atoms with van der Waals surface area (Å²) in [7, 11) is 0. The van der Waals surface area contributed by atoms with E-state index in [4.69, 9.17) is 0 Å². The van der Waals surface area contributed by atoms with E-state index in [0.29, 0.717) is 40.9 Å². The van der Waals surface area contributed by atoms with Crippen LogP contribution in [0.4, 0.5) is 49.1 Å². The minimum Gasteiger partial charge on any atom is -0.310 e. The average Bonchev–Trinajstić information content (AvgIpc) is 3.57. The number of fused-ring (bicyclic) bond motifs is 3. The Morgan fingerprint density at radius 2 is 1.04 bits per heavy atom. The fraction of sp³-hybridized carbons (Fsp3) is 0.0732. The van der Waals surface area contributed by atoms with Gasteiger partial charge in [-0.1, -0.05) is 66.7 Å². The van der Waals surface area contributed by atoms with Gasteiger partial charge in [-0.05, 0) is 83.2 Å². The summed E-state index contributed by atoms with van der Waals surface area (Å²) in [5.41, 5.74) is -7.39. The highest BCUT2D eigenvalue weighted by atomic mass is 19.4. The van der Waals surface area contributed by atoms with Crippen LogP contribution in [-0.4, -0.2) is 36.0 Å². The highest BCUT2D eigenvalue weighted by molar-refractivity contribution is 6.34. The molecule has 0 atom stereocenters. The molecule has 2 aliphatic rings. The molecule has 8 rings (SSSR count). The van der Waals surface area contributed by atoms with Crippen molar-refractivity contribution >= 4 is 57.2 Å². The second kappa shape index (κ2) is 12.2. The molecule has 0 aromatic heterocycles. The molecule has 13 heteroatoms. The summed E-state index contributed by atoms with van der Waals surface area (Å²) < 4.78 is 90.1. The number of alkyl halides is 6. The molecule has 0 unspecified atom stereocenters. The number of para-hydroxylation sites is 1. The van der Waals surface area contributed by atoms with Crippen LogP contribution in [0.1, 0.15) is 52.6 Å². The Labute approximate surface area is 302 Å². The van der Waals surface area contributed by atoms with Crippen molar-refractivity contribution in [2.24, 2.45) is 0 Å². The van der Waals surface area contributed by atoms with Crippen molar-refractivity contribution in [1.29, 1.82) is 0 Å². The summed E-state index contributed by atoms with van der Waals surface area (Å²) in [4.78, 5) is 54.4. The monoisotopic (exact) mass is 735 g/mol. The van der Waals surface area contributed by atoms with Gasteiger partial charge in [-0.3, -0.25) is 24.5 Å². The molecule has 2 heterocycles. The third kappa shape index (κ3) is 5.06. The SMILES string of the molecule is O=C1NC(=O)c2cc(C(c3ccc4c(c3)C(=O)N(c3ccc(N(c5ccccc5)c5cccc6ccccc56)cc3)C4=O)(C(F)(F)F)C(F)(F)F)ccc21. The highest BCUT2D eigenvalue weighted by Crippen LogP contribution is 2.57. The Kier molecular flexibility index (Phi) is 7.73. The zero-order chi connectivity index (χ0) is 38.2. The van der Waals surface area contributed by atoms with Gasteiger partial charge in [0.05, 0.1) is 33.6 Å². The second-order valence-corrected chi connectivity index (χ2v) is 12.7. The maximum atomic E-state index is 15.0. The molecular weight excluding hydrogens is 712 g/mol. The van der Waals surface area contributed by atoms with Gasteiger partial charge in [-0.15, -0.1) is 0 Å². The number of hydrogen-bond acceptors (Lipinski definition) is 5. The lowest BCUT2D eigenvalue weighted by Gasteiger charge is -2.38. The van der Waals surface area contributed by atoms with E-state index in [9.17, 15) is 19.2 Å². The largest absolute Gasteiger partial charge is 0.411 e. The van der Waals surface area contributed by atoms with Gasteiger partial charge in [0.1, 0.15) is 0 Å². The molecule has 0 spiro atoms. The average molecular weight is 736 g/mol. The predicted molar refractivity (Wildman–Crippen MR) is 187 cm³/mol. The number of carbonyl (C=O) groups excluding carboxylic acids is 4. The first-order valence-electron chi connectivity index (χ1n) is 16.3. The smallest absolute Gasteiger partial charge is 0.310 e. The zero-order valence-corrected chi connectivity index (χ0v) is 27.5. The number of carbonyl (C=O) groups is 4. The summed E-state index contributed by atoms with van der Waals surface area (Å²) in [5.74, 6) is -4.20. The predicted octanol–water partition coefficient (Wildman–Crippen LogP) is 9.40. The van der Waals surface area contributed by atoms with E-state index in [0.717, 1.165) is 28.2 Å². The summed E-state index contributed by atoms with van der Waals surface area (Å²) in [6.07, 6.45) is -12.1. The van der Waals surface area contributed by atoms with Crippen molar-refractivity contribution in [3.63, 3.8) is 0 Å². The van der Waals surface area contributed by atoms with E-state index in [-0.39, 0.29) is 11.3 Å². The lowest BCUT2D eigenvalue weighted by atomic mass is 9.71. The van der Waals surface area contributed by atoms with E-state index in [1.807, 2.05) is 83.0 Å². The number of halogens is 6. The van der Waals surface area contributed by atoms with Crippen LogP contribution in [0.2, 0.25) is 0 Å². The van der Waals surface area contributed by atoms with E-state index in [1.54, 1.807) is 12.1 Å². The quantitative estimate of drug-likeness (QED) is 0.136. The maximum absolute atomic E-state index is 15.0. The number of benzene rings is 6. The number of amides is 4. The van der Waals surface area contributed by atoms with Gasteiger partial charge in [-0.25, -0.2) is 4.90 Å². The topological polar surface area (TPSA) is 86.8 Å². The Hall–Kier alpha value is -6.76. The molecule has 0 radical (unpaired) electrons. The lowest BCUT2D eigenvalue weighted by Crippen LogP contribution is -2.55. The number of rotatable bonds is 6. The van der Waals surface area contributed by atoms with Crippen LogP contribution >= 0.6 is 0 Å². The minimum absolute atomic E-state index is 0.0321. The molecule has 6 aromatic carbocycles. The van der Waals surface area contributed by atoms with Gasteiger partial charge in [0.25, 0.3) is 23.6 Å². The molecule has 268 valence electrons. The zero-order valence-electron chi connectivity index (χ0n) is 27.5. The standard InChI is InChI=1S/C41H23F6N3O4/c42-40(43,44)39(41(45,46)47,24-13-19-30-32(21-24)36(52)48-35(30)51)25-14-20-31-33(22-25)38(54)50(37(31)53)28-17-15-27(16-18-28)49(26-9-2-1-3-10-26)34-12-6-8-23-7-4-5-11-29(23)34/h1-22H,(H,48,51,52). The summed E-state index contributed by atoms with van der Waals surface area (Å²) >= 11 is 0. The van der Waals surface area contributed by atoms with Gasteiger partial charge in [0, 0.05) is 16.8 Å². The molecule has 0 aliphatic carbocycles. The number of nitrogens with zero attached hydrogens (tertiary/aromatic N) is 2. The van der Waals surface area contributed by atoms with Crippen molar-refractivity contribution in [2.75, 3.05) is 9.80 Å². The highest BCUT2D eigenvalue weighted by Gasteiger charge is 2.73. The van der Waals surface area contributed by atoms with Crippen LogP contribution in [0.3, 0.4) is 0 Å². The van der Waals surface area contributed by atoms with Gasteiger partial charge in [0.2, 0.25) is 5.41 Å². The molecule has 54 heavy (non-hydrogen) atoms. The molecule has 1 N–H and O–H groups in total. The number of anilines is 4. The van der Waals surface area contributed by atoms with E-state index < -0.39 is 69.2 Å². The molecule has 0 saturated carbocycles. The summed E-state index contributed by atoms with van der Waals surface area (Å²) in [5, 5.41) is 3.77. The first-order chi connectivity index (χ1) is 25.7. The molecule has 4 amide bonds. The van der Waals surface area contributed by atoms with Crippen LogP contribution in [0.5, 0.6) is 0 Å². The minimum atomic E-state index is -6.07. The van der Waals surface area contributed by atoms with Gasteiger partial charge < -0.3 is 4.90 Å². The first kappa shape index (κ1) is 34.3. The fourth-order valence-electron chi connectivity index (χ4n) is 7.25. The summed E-state index contributed by atoms with van der Waals surface area (Å²) in [6, 6.07) is 32.4. The summed E-state index contributed by atoms with van der Waals surface area (Å²) in [6.45, 7) is 0. The van der Waals surface area contributed by atoms with Crippen molar-refractivity contribution < 1.29 is 45.5 Å². The number of hydrogen-bond donors (Lipinski definition) is 1. The van der Waals surface area contributed by atoms with E-state index in [2.05, 4.69) is 0 Å². The van der Waals surface area contributed by atoms with Crippen LogP contribution in [-0.2, 0) is 5.41 Å². The second-order valence-electron chi connectivity index (χ2n) is 12.7. The molecule has 7 nitrogen and oxygen atoms in total.